The van der Waals surface area contributed by atoms with Crippen molar-refractivity contribution >= 4 is 34.1 Å². The van der Waals surface area contributed by atoms with Gasteiger partial charge >= 0.3 is 0 Å². The molecular weight excluding hydrogens is 219 g/mol. The van der Waals surface area contributed by atoms with Gasteiger partial charge in [-0.25, -0.2) is 4.98 Å². The maximum absolute atomic E-state index is 5.92. The molecule has 0 bridgehead atoms. The zero-order valence-corrected chi connectivity index (χ0v) is 9.10. The number of hydrogen-bond donors (Lipinski definition) is 0. The molecule has 0 saturated carbocycles. The molecule has 2 rings (SSSR count). The van der Waals surface area contributed by atoms with E-state index in [1.807, 2.05) is 12.1 Å². The second-order valence-corrected chi connectivity index (χ2v) is 3.70. The Balaban J connectivity index is 2.75. The summed E-state index contributed by atoms with van der Waals surface area (Å²) in [4.78, 5) is 8.35. The minimum atomic E-state index is 0.378. The highest BCUT2D eigenvalue weighted by Gasteiger charge is 2.04. The van der Waals surface area contributed by atoms with Crippen molar-refractivity contribution in [2.45, 2.75) is 13.3 Å². The minimum Gasteiger partial charge on any atom is -0.253 e. The highest BCUT2D eigenvalue weighted by Crippen LogP contribution is 2.23. The SMILES string of the molecule is CCc1ccc2c(Cl)nc(Cl)cc2n1. The molecule has 0 radical (unpaired) electrons. The predicted molar refractivity (Wildman–Crippen MR) is 58.9 cm³/mol. The minimum absolute atomic E-state index is 0.378. The monoisotopic (exact) mass is 226 g/mol. The van der Waals surface area contributed by atoms with Crippen molar-refractivity contribution in [1.29, 1.82) is 0 Å². The van der Waals surface area contributed by atoms with E-state index in [1.54, 1.807) is 6.07 Å². The molecule has 4 heteroatoms. The molecule has 14 heavy (non-hydrogen) atoms. The molecule has 0 spiro atoms. The van der Waals surface area contributed by atoms with Gasteiger partial charge in [0.1, 0.15) is 10.3 Å². The van der Waals surface area contributed by atoms with E-state index in [0.29, 0.717) is 10.3 Å². The lowest BCUT2D eigenvalue weighted by Crippen LogP contribution is -1.89. The van der Waals surface area contributed by atoms with E-state index in [0.717, 1.165) is 23.0 Å². The number of fused-ring (bicyclic) bond motifs is 1. The summed E-state index contributed by atoms with van der Waals surface area (Å²) >= 11 is 11.7. The molecule has 0 aromatic carbocycles. The van der Waals surface area contributed by atoms with Crippen molar-refractivity contribution in [3.05, 3.63) is 34.2 Å². The van der Waals surface area contributed by atoms with Crippen LogP contribution in [0.2, 0.25) is 10.3 Å². The quantitative estimate of drug-likeness (QED) is 0.696. The van der Waals surface area contributed by atoms with Crippen LogP contribution < -0.4 is 0 Å². The standard InChI is InChI=1S/C10H8Cl2N2/c1-2-6-3-4-7-8(13-6)5-9(11)14-10(7)12/h3-5H,2H2,1H3. The third-order valence-corrected chi connectivity index (χ3v) is 2.51. The van der Waals surface area contributed by atoms with E-state index in [1.165, 1.54) is 0 Å². The van der Waals surface area contributed by atoms with Gasteiger partial charge in [0.2, 0.25) is 0 Å². The maximum atomic E-state index is 5.92. The van der Waals surface area contributed by atoms with Crippen molar-refractivity contribution in [1.82, 2.24) is 9.97 Å². The first kappa shape index (κ1) is 9.69. The molecule has 0 aliphatic rings. The van der Waals surface area contributed by atoms with Crippen LogP contribution >= 0.6 is 23.2 Å². The third kappa shape index (κ3) is 1.68. The van der Waals surface area contributed by atoms with Crippen LogP contribution in [0.3, 0.4) is 0 Å². The Labute approximate surface area is 91.9 Å². The fraction of sp³-hybridized carbons (Fsp3) is 0.200. The zero-order valence-electron chi connectivity index (χ0n) is 7.59. The summed E-state index contributed by atoms with van der Waals surface area (Å²) < 4.78 is 0. The van der Waals surface area contributed by atoms with E-state index in [4.69, 9.17) is 23.2 Å². The Hall–Kier alpha value is -0.860. The summed E-state index contributed by atoms with van der Waals surface area (Å²) in [5.41, 5.74) is 1.82. The van der Waals surface area contributed by atoms with Gasteiger partial charge in [-0.15, -0.1) is 0 Å². The van der Waals surface area contributed by atoms with Crippen LogP contribution in [0.15, 0.2) is 18.2 Å². The summed E-state index contributed by atoms with van der Waals surface area (Å²) in [5.74, 6) is 0. The normalized spacial score (nSPS) is 10.8. The van der Waals surface area contributed by atoms with Crippen LogP contribution in [0, 0.1) is 0 Å². The third-order valence-electron chi connectivity index (χ3n) is 2.03. The molecule has 2 heterocycles. The first-order chi connectivity index (χ1) is 6.70. The molecule has 0 aliphatic heterocycles. The number of pyridine rings is 2. The van der Waals surface area contributed by atoms with Crippen molar-refractivity contribution in [3.8, 4) is 0 Å². The van der Waals surface area contributed by atoms with Crippen LogP contribution in [0.25, 0.3) is 10.9 Å². The van der Waals surface area contributed by atoms with Gasteiger partial charge in [-0.05, 0) is 18.6 Å². The highest BCUT2D eigenvalue weighted by molar-refractivity contribution is 6.36. The summed E-state index contributed by atoms with van der Waals surface area (Å²) in [7, 11) is 0. The number of aryl methyl sites for hydroxylation is 1. The van der Waals surface area contributed by atoms with Gasteiger partial charge in [-0.1, -0.05) is 30.1 Å². The van der Waals surface area contributed by atoms with E-state index < -0.39 is 0 Å². The van der Waals surface area contributed by atoms with Gasteiger partial charge in [0, 0.05) is 17.1 Å². The molecule has 0 aliphatic carbocycles. The van der Waals surface area contributed by atoms with Crippen LogP contribution in [0.1, 0.15) is 12.6 Å². The largest absolute Gasteiger partial charge is 0.253 e. The Morgan fingerprint density at radius 2 is 2.00 bits per heavy atom. The van der Waals surface area contributed by atoms with Crippen LogP contribution in [0.5, 0.6) is 0 Å². The smallest absolute Gasteiger partial charge is 0.140 e. The molecule has 2 aromatic rings. The van der Waals surface area contributed by atoms with Gasteiger partial charge < -0.3 is 0 Å². The molecule has 0 N–H and O–H groups in total. The zero-order chi connectivity index (χ0) is 10.1. The second-order valence-electron chi connectivity index (χ2n) is 2.96. The molecule has 0 fully saturated rings. The van der Waals surface area contributed by atoms with Crippen molar-refractivity contribution in [3.63, 3.8) is 0 Å². The Morgan fingerprint density at radius 3 is 2.71 bits per heavy atom. The molecule has 0 atom stereocenters. The lowest BCUT2D eigenvalue weighted by molar-refractivity contribution is 1.06. The molecule has 2 aromatic heterocycles. The average molecular weight is 227 g/mol. The first-order valence-corrected chi connectivity index (χ1v) is 5.08. The van der Waals surface area contributed by atoms with Crippen molar-refractivity contribution in [2.24, 2.45) is 0 Å². The van der Waals surface area contributed by atoms with Crippen molar-refractivity contribution in [2.75, 3.05) is 0 Å². The van der Waals surface area contributed by atoms with Gasteiger partial charge in [0.15, 0.2) is 0 Å². The van der Waals surface area contributed by atoms with Gasteiger partial charge in [-0.3, -0.25) is 4.98 Å². The summed E-state index contributed by atoms with van der Waals surface area (Å²) in [6, 6.07) is 5.60. The van der Waals surface area contributed by atoms with Gasteiger partial charge in [0.25, 0.3) is 0 Å². The number of nitrogens with zero attached hydrogens (tertiary/aromatic N) is 2. The van der Waals surface area contributed by atoms with Gasteiger partial charge in [-0.2, -0.15) is 0 Å². The van der Waals surface area contributed by atoms with Crippen molar-refractivity contribution < 1.29 is 0 Å². The van der Waals surface area contributed by atoms with E-state index >= 15 is 0 Å². The van der Waals surface area contributed by atoms with Gasteiger partial charge in [0.05, 0.1) is 5.52 Å². The molecule has 2 nitrogen and oxygen atoms in total. The molecular formula is C10H8Cl2N2. The summed E-state index contributed by atoms with van der Waals surface area (Å²) in [6.07, 6.45) is 0.896. The van der Waals surface area contributed by atoms with Crippen LogP contribution in [0.4, 0.5) is 0 Å². The summed E-state index contributed by atoms with van der Waals surface area (Å²) in [5, 5.41) is 1.62. The molecule has 0 amide bonds. The Kier molecular flexibility index (Phi) is 2.57. The topological polar surface area (TPSA) is 25.8 Å². The summed E-state index contributed by atoms with van der Waals surface area (Å²) in [6.45, 7) is 2.05. The first-order valence-electron chi connectivity index (χ1n) is 4.32. The van der Waals surface area contributed by atoms with E-state index in [2.05, 4.69) is 16.9 Å². The average Bonchev–Trinajstić information content (AvgIpc) is 2.16. The Bertz CT molecular complexity index is 483. The predicted octanol–water partition coefficient (Wildman–Crippen LogP) is 3.50. The van der Waals surface area contributed by atoms with Crippen LogP contribution in [-0.4, -0.2) is 9.97 Å². The number of hydrogen-bond acceptors (Lipinski definition) is 2. The van der Waals surface area contributed by atoms with Crippen LogP contribution in [-0.2, 0) is 6.42 Å². The molecule has 0 unspecified atom stereocenters. The maximum Gasteiger partial charge on any atom is 0.140 e. The highest BCUT2D eigenvalue weighted by atomic mass is 35.5. The Morgan fingerprint density at radius 1 is 1.21 bits per heavy atom. The molecule has 0 saturated heterocycles. The van der Waals surface area contributed by atoms with E-state index in [-0.39, 0.29) is 0 Å². The lowest BCUT2D eigenvalue weighted by atomic mass is 10.2. The van der Waals surface area contributed by atoms with E-state index in [9.17, 15) is 0 Å². The second kappa shape index (κ2) is 3.71. The fourth-order valence-corrected chi connectivity index (χ4v) is 1.78. The lowest BCUT2D eigenvalue weighted by Gasteiger charge is -2.02. The number of halogens is 2. The number of rotatable bonds is 1. The number of aromatic nitrogens is 2. The molecule has 72 valence electrons. The fourth-order valence-electron chi connectivity index (χ4n) is 1.30.